The maximum absolute atomic E-state index is 12.2. The topological polar surface area (TPSA) is 38.3 Å². The van der Waals surface area contributed by atoms with Crippen LogP contribution in [0.5, 0.6) is 5.75 Å². The molecule has 20 heavy (non-hydrogen) atoms. The van der Waals surface area contributed by atoms with Crippen molar-refractivity contribution in [1.82, 2.24) is 5.32 Å². The Morgan fingerprint density at radius 3 is 2.55 bits per heavy atom. The van der Waals surface area contributed by atoms with Crippen LogP contribution >= 0.6 is 11.6 Å². The summed E-state index contributed by atoms with van der Waals surface area (Å²) in [7, 11) is 0. The van der Waals surface area contributed by atoms with Crippen molar-refractivity contribution in [2.75, 3.05) is 0 Å². The van der Waals surface area contributed by atoms with Gasteiger partial charge in [-0.2, -0.15) is 0 Å². The van der Waals surface area contributed by atoms with Gasteiger partial charge in [-0.05, 0) is 31.9 Å². The van der Waals surface area contributed by atoms with Crippen molar-refractivity contribution in [1.29, 1.82) is 0 Å². The molecule has 1 saturated carbocycles. The number of carbonyl (C=O) groups excluding carboxylic acids is 1. The molecule has 1 amide bonds. The molecule has 0 radical (unpaired) electrons. The van der Waals surface area contributed by atoms with Gasteiger partial charge < -0.3 is 10.1 Å². The molecule has 1 atom stereocenters. The van der Waals surface area contributed by atoms with Crippen LogP contribution in [0.3, 0.4) is 0 Å². The third-order valence-corrected chi connectivity index (χ3v) is 4.02. The standard InChI is InChI=1S/C16H22ClNO2/c1-12(20-15-11-7-6-10-14(15)17)16(19)18-13-8-4-2-3-5-9-13/h6-7,10-13H,2-5,8-9H2,1H3,(H,18,19)/t12-/m0/s1. The van der Waals surface area contributed by atoms with Crippen molar-refractivity contribution in [3.8, 4) is 5.75 Å². The summed E-state index contributed by atoms with van der Waals surface area (Å²) < 4.78 is 5.64. The van der Waals surface area contributed by atoms with Gasteiger partial charge in [0.05, 0.1) is 5.02 Å². The molecule has 1 aromatic rings. The monoisotopic (exact) mass is 295 g/mol. The Hall–Kier alpha value is -1.22. The van der Waals surface area contributed by atoms with Gasteiger partial charge in [-0.1, -0.05) is 49.4 Å². The first-order valence-corrected chi connectivity index (χ1v) is 7.76. The Morgan fingerprint density at radius 1 is 1.25 bits per heavy atom. The lowest BCUT2D eigenvalue weighted by Crippen LogP contribution is -2.42. The zero-order valence-electron chi connectivity index (χ0n) is 11.9. The fourth-order valence-electron chi connectivity index (χ4n) is 2.53. The third-order valence-electron chi connectivity index (χ3n) is 3.71. The smallest absolute Gasteiger partial charge is 0.260 e. The van der Waals surface area contributed by atoms with E-state index in [1.807, 2.05) is 12.1 Å². The first kappa shape index (κ1) is 15.2. The molecular formula is C16H22ClNO2. The molecule has 1 aliphatic rings. The highest BCUT2D eigenvalue weighted by Crippen LogP contribution is 2.24. The molecule has 1 fully saturated rings. The summed E-state index contributed by atoms with van der Waals surface area (Å²) in [6.45, 7) is 1.76. The van der Waals surface area contributed by atoms with Gasteiger partial charge in [0.1, 0.15) is 5.75 Å². The van der Waals surface area contributed by atoms with Crippen LogP contribution in [-0.4, -0.2) is 18.1 Å². The average Bonchev–Trinajstić information content (AvgIpc) is 2.70. The Morgan fingerprint density at radius 2 is 1.90 bits per heavy atom. The van der Waals surface area contributed by atoms with E-state index in [1.165, 1.54) is 25.7 Å². The fourth-order valence-corrected chi connectivity index (χ4v) is 2.71. The molecule has 0 bridgehead atoms. The predicted molar refractivity (Wildman–Crippen MR) is 81.2 cm³/mol. The number of halogens is 1. The molecular weight excluding hydrogens is 274 g/mol. The molecule has 0 aliphatic heterocycles. The highest BCUT2D eigenvalue weighted by atomic mass is 35.5. The maximum atomic E-state index is 12.2. The SMILES string of the molecule is C[C@H](Oc1ccccc1Cl)C(=O)NC1CCCCCC1. The minimum absolute atomic E-state index is 0.0585. The highest BCUT2D eigenvalue weighted by molar-refractivity contribution is 6.32. The first-order valence-electron chi connectivity index (χ1n) is 7.38. The van der Waals surface area contributed by atoms with E-state index < -0.39 is 6.10 Å². The highest BCUT2D eigenvalue weighted by Gasteiger charge is 2.20. The van der Waals surface area contributed by atoms with Crippen LogP contribution in [-0.2, 0) is 4.79 Å². The quantitative estimate of drug-likeness (QED) is 0.854. The summed E-state index contributed by atoms with van der Waals surface area (Å²) in [5, 5.41) is 3.62. The van der Waals surface area contributed by atoms with Crippen LogP contribution in [0.1, 0.15) is 45.4 Å². The van der Waals surface area contributed by atoms with Gasteiger partial charge in [-0.15, -0.1) is 0 Å². The van der Waals surface area contributed by atoms with Crippen molar-refractivity contribution >= 4 is 17.5 Å². The van der Waals surface area contributed by atoms with E-state index in [-0.39, 0.29) is 5.91 Å². The number of nitrogens with one attached hydrogen (secondary N) is 1. The number of hydrogen-bond donors (Lipinski definition) is 1. The van der Waals surface area contributed by atoms with Crippen LogP contribution < -0.4 is 10.1 Å². The van der Waals surface area contributed by atoms with Gasteiger partial charge in [0, 0.05) is 6.04 Å². The summed E-state index contributed by atoms with van der Waals surface area (Å²) in [6.07, 6.45) is 6.57. The zero-order chi connectivity index (χ0) is 14.4. The lowest BCUT2D eigenvalue weighted by atomic mass is 10.1. The molecule has 0 aromatic heterocycles. The van der Waals surface area contributed by atoms with Crippen molar-refractivity contribution in [3.63, 3.8) is 0 Å². The maximum Gasteiger partial charge on any atom is 0.260 e. The second kappa shape index (κ2) is 7.53. The molecule has 1 aliphatic carbocycles. The van der Waals surface area contributed by atoms with Gasteiger partial charge in [0.2, 0.25) is 0 Å². The van der Waals surface area contributed by atoms with Crippen molar-refractivity contribution in [2.24, 2.45) is 0 Å². The summed E-state index contributed by atoms with van der Waals surface area (Å²) >= 11 is 6.03. The number of rotatable bonds is 4. The molecule has 110 valence electrons. The van der Waals surface area contributed by atoms with E-state index in [4.69, 9.17) is 16.3 Å². The number of hydrogen-bond acceptors (Lipinski definition) is 2. The van der Waals surface area contributed by atoms with E-state index in [9.17, 15) is 4.79 Å². The first-order chi connectivity index (χ1) is 9.66. The average molecular weight is 296 g/mol. The number of benzene rings is 1. The number of carbonyl (C=O) groups is 1. The van der Waals surface area contributed by atoms with Crippen molar-refractivity contribution in [3.05, 3.63) is 29.3 Å². The van der Waals surface area contributed by atoms with E-state index in [0.29, 0.717) is 16.8 Å². The summed E-state index contributed by atoms with van der Waals surface area (Å²) in [5.74, 6) is 0.495. The van der Waals surface area contributed by atoms with E-state index in [0.717, 1.165) is 12.8 Å². The van der Waals surface area contributed by atoms with Crippen LogP contribution in [0.25, 0.3) is 0 Å². The van der Waals surface area contributed by atoms with E-state index in [1.54, 1.807) is 19.1 Å². The minimum atomic E-state index is -0.529. The second-order valence-corrected chi connectivity index (χ2v) is 5.79. The van der Waals surface area contributed by atoms with Crippen molar-refractivity contribution in [2.45, 2.75) is 57.6 Å². The van der Waals surface area contributed by atoms with Gasteiger partial charge in [-0.3, -0.25) is 4.79 Å². The molecule has 1 N–H and O–H groups in total. The lowest BCUT2D eigenvalue weighted by Gasteiger charge is -2.20. The third kappa shape index (κ3) is 4.41. The van der Waals surface area contributed by atoms with E-state index >= 15 is 0 Å². The van der Waals surface area contributed by atoms with Crippen molar-refractivity contribution < 1.29 is 9.53 Å². The molecule has 0 heterocycles. The molecule has 2 rings (SSSR count). The van der Waals surface area contributed by atoms with E-state index in [2.05, 4.69) is 5.32 Å². The Balaban J connectivity index is 1.87. The molecule has 0 unspecified atom stereocenters. The Kier molecular flexibility index (Phi) is 5.72. The summed E-state index contributed by atoms with van der Waals surface area (Å²) in [4.78, 5) is 12.2. The molecule has 0 spiro atoms. The normalized spacial score (nSPS) is 18.1. The van der Waals surface area contributed by atoms with Gasteiger partial charge >= 0.3 is 0 Å². The van der Waals surface area contributed by atoms with Crippen LogP contribution in [0.15, 0.2) is 24.3 Å². The minimum Gasteiger partial charge on any atom is -0.479 e. The van der Waals surface area contributed by atoms with Gasteiger partial charge in [0.25, 0.3) is 5.91 Å². The fraction of sp³-hybridized carbons (Fsp3) is 0.562. The number of ether oxygens (including phenoxy) is 1. The second-order valence-electron chi connectivity index (χ2n) is 5.39. The Labute approximate surface area is 125 Å². The lowest BCUT2D eigenvalue weighted by molar-refractivity contribution is -0.128. The van der Waals surface area contributed by atoms with Gasteiger partial charge in [0.15, 0.2) is 6.10 Å². The zero-order valence-corrected chi connectivity index (χ0v) is 12.7. The van der Waals surface area contributed by atoms with Crippen LogP contribution in [0.2, 0.25) is 5.02 Å². The van der Waals surface area contributed by atoms with Crippen LogP contribution in [0.4, 0.5) is 0 Å². The largest absolute Gasteiger partial charge is 0.479 e. The molecule has 4 heteroatoms. The van der Waals surface area contributed by atoms with Gasteiger partial charge in [-0.25, -0.2) is 0 Å². The molecule has 0 saturated heterocycles. The molecule has 1 aromatic carbocycles. The Bertz CT molecular complexity index is 442. The number of para-hydroxylation sites is 1. The van der Waals surface area contributed by atoms with Crippen LogP contribution in [0, 0.1) is 0 Å². The summed E-state index contributed by atoms with van der Waals surface area (Å²) in [6, 6.07) is 7.51. The predicted octanol–water partition coefficient (Wildman–Crippen LogP) is 3.95. The number of amides is 1. The summed E-state index contributed by atoms with van der Waals surface area (Å²) in [5.41, 5.74) is 0. The molecule has 3 nitrogen and oxygen atoms in total.